The molecular formula is C13H14BF5O2. The monoisotopic (exact) mass is 308 g/mol. The fourth-order valence-electron chi connectivity index (χ4n) is 1.93. The van der Waals surface area contributed by atoms with Gasteiger partial charge in [-0.25, -0.2) is 8.78 Å². The molecule has 1 heterocycles. The second-order valence-electron chi connectivity index (χ2n) is 5.94. The lowest BCUT2D eigenvalue weighted by Gasteiger charge is -2.32. The fourth-order valence-corrected chi connectivity index (χ4v) is 1.93. The summed E-state index contributed by atoms with van der Waals surface area (Å²) in [6.45, 7) is 6.72. The van der Waals surface area contributed by atoms with Crippen LogP contribution in [0.15, 0.2) is 12.1 Å². The molecule has 2 nitrogen and oxygen atoms in total. The Balaban J connectivity index is 2.47. The van der Waals surface area contributed by atoms with E-state index in [0.717, 1.165) is 0 Å². The molecule has 1 aromatic carbocycles. The van der Waals surface area contributed by atoms with E-state index in [2.05, 4.69) is 0 Å². The molecule has 21 heavy (non-hydrogen) atoms. The summed E-state index contributed by atoms with van der Waals surface area (Å²) >= 11 is 0. The standard InChI is InChI=1S/C13H14BF5O2/c1-11(2)12(3,4)21-14(20-11)8-5-7(13(17,18)19)9(15)6-10(8)16/h5-6H,1-4H3. The van der Waals surface area contributed by atoms with E-state index in [1.807, 2.05) is 0 Å². The third kappa shape index (κ3) is 2.79. The zero-order chi connectivity index (χ0) is 16.2. The first-order valence-electron chi connectivity index (χ1n) is 6.27. The number of alkyl halides is 3. The molecule has 0 aliphatic carbocycles. The van der Waals surface area contributed by atoms with Crippen molar-refractivity contribution in [2.45, 2.75) is 45.1 Å². The average molecular weight is 308 g/mol. The van der Waals surface area contributed by atoms with Gasteiger partial charge in [-0.15, -0.1) is 0 Å². The summed E-state index contributed by atoms with van der Waals surface area (Å²) < 4.78 is 76.2. The Morgan fingerprint density at radius 2 is 1.38 bits per heavy atom. The van der Waals surface area contributed by atoms with E-state index < -0.39 is 47.2 Å². The fraction of sp³-hybridized carbons (Fsp3) is 0.538. The van der Waals surface area contributed by atoms with Gasteiger partial charge in [-0.1, -0.05) is 0 Å². The third-order valence-corrected chi connectivity index (χ3v) is 3.90. The van der Waals surface area contributed by atoms with Gasteiger partial charge in [0, 0.05) is 11.5 Å². The van der Waals surface area contributed by atoms with Crippen LogP contribution in [0.4, 0.5) is 22.0 Å². The lowest BCUT2D eigenvalue weighted by atomic mass is 9.77. The first-order valence-corrected chi connectivity index (χ1v) is 6.27. The van der Waals surface area contributed by atoms with E-state index in [-0.39, 0.29) is 6.07 Å². The predicted octanol–water partition coefficient (Wildman–Crippen LogP) is 3.28. The summed E-state index contributed by atoms with van der Waals surface area (Å²) in [4.78, 5) is 0. The summed E-state index contributed by atoms with van der Waals surface area (Å²) in [5, 5.41) is 0. The van der Waals surface area contributed by atoms with Crippen LogP contribution in [-0.2, 0) is 15.5 Å². The van der Waals surface area contributed by atoms with E-state index in [9.17, 15) is 22.0 Å². The lowest BCUT2D eigenvalue weighted by Crippen LogP contribution is -2.41. The molecule has 0 atom stereocenters. The molecule has 1 aliphatic heterocycles. The van der Waals surface area contributed by atoms with Crippen molar-refractivity contribution < 1.29 is 31.3 Å². The van der Waals surface area contributed by atoms with E-state index in [0.29, 0.717) is 6.07 Å². The van der Waals surface area contributed by atoms with Gasteiger partial charge in [-0.3, -0.25) is 0 Å². The van der Waals surface area contributed by atoms with Crippen LogP contribution in [0.2, 0.25) is 0 Å². The van der Waals surface area contributed by atoms with Gasteiger partial charge in [0.15, 0.2) is 0 Å². The van der Waals surface area contributed by atoms with Crippen LogP contribution in [0.25, 0.3) is 0 Å². The highest BCUT2D eigenvalue weighted by molar-refractivity contribution is 6.62. The Labute approximate surface area is 119 Å². The molecule has 1 saturated heterocycles. The van der Waals surface area contributed by atoms with E-state index in [1.165, 1.54) is 0 Å². The normalized spacial score (nSPS) is 20.9. The van der Waals surface area contributed by atoms with Gasteiger partial charge >= 0.3 is 13.3 Å². The van der Waals surface area contributed by atoms with Gasteiger partial charge in [-0.05, 0) is 33.8 Å². The quantitative estimate of drug-likeness (QED) is 0.585. The minimum atomic E-state index is -4.92. The third-order valence-electron chi connectivity index (χ3n) is 3.90. The summed E-state index contributed by atoms with van der Waals surface area (Å²) in [6, 6.07) is 0.593. The minimum absolute atomic E-state index is 0.198. The van der Waals surface area contributed by atoms with Crippen molar-refractivity contribution in [3.63, 3.8) is 0 Å². The summed E-state index contributed by atoms with van der Waals surface area (Å²) in [7, 11) is -1.32. The van der Waals surface area contributed by atoms with E-state index in [4.69, 9.17) is 9.31 Å². The molecule has 0 bridgehead atoms. The molecule has 0 aromatic heterocycles. The molecule has 8 heteroatoms. The summed E-state index contributed by atoms with van der Waals surface area (Å²) in [6.07, 6.45) is -4.92. The highest BCUT2D eigenvalue weighted by Gasteiger charge is 2.53. The number of benzene rings is 1. The number of rotatable bonds is 1. The summed E-state index contributed by atoms with van der Waals surface area (Å²) in [5.41, 5.74) is -3.69. The van der Waals surface area contributed by atoms with Crippen molar-refractivity contribution in [1.82, 2.24) is 0 Å². The molecule has 116 valence electrons. The van der Waals surface area contributed by atoms with Crippen LogP contribution in [-0.4, -0.2) is 18.3 Å². The summed E-state index contributed by atoms with van der Waals surface area (Å²) in [5.74, 6) is -2.81. The van der Waals surface area contributed by atoms with Crippen LogP contribution < -0.4 is 5.46 Å². The topological polar surface area (TPSA) is 18.5 Å². The van der Waals surface area contributed by atoms with Crippen LogP contribution >= 0.6 is 0 Å². The van der Waals surface area contributed by atoms with Crippen LogP contribution in [0.1, 0.15) is 33.3 Å². The zero-order valence-electron chi connectivity index (χ0n) is 11.9. The molecule has 0 spiro atoms. The zero-order valence-corrected chi connectivity index (χ0v) is 11.9. The van der Waals surface area contributed by atoms with Crippen molar-refractivity contribution in [1.29, 1.82) is 0 Å². The smallest absolute Gasteiger partial charge is 0.399 e. The first kappa shape index (κ1) is 16.2. The molecule has 0 radical (unpaired) electrons. The molecular weight excluding hydrogens is 294 g/mol. The van der Waals surface area contributed by atoms with Crippen LogP contribution in [0.3, 0.4) is 0 Å². The van der Waals surface area contributed by atoms with Crippen molar-refractivity contribution >= 4 is 12.6 Å². The molecule has 0 amide bonds. The van der Waals surface area contributed by atoms with Crippen molar-refractivity contribution in [3.05, 3.63) is 29.3 Å². The van der Waals surface area contributed by atoms with Gasteiger partial charge in [-0.2, -0.15) is 13.2 Å². The molecule has 2 rings (SSSR count). The Hall–Kier alpha value is -1.15. The number of hydrogen-bond donors (Lipinski definition) is 0. The molecule has 1 aliphatic rings. The van der Waals surface area contributed by atoms with Crippen molar-refractivity contribution in [3.8, 4) is 0 Å². The van der Waals surface area contributed by atoms with Gasteiger partial charge in [0.1, 0.15) is 11.6 Å². The van der Waals surface area contributed by atoms with Crippen LogP contribution in [0.5, 0.6) is 0 Å². The Kier molecular flexibility index (Phi) is 3.61. The number of halogens is 5. The predicted molar refractivity (Wildman–Crippen MR) is 67.1 cm³/mol. The van der Waals surface area contributed by atoms with Gasteiger partial charge in [0.25, 0.3) is 0 Å². The van der Waals surface area contributed by atoms with Crippen molar-refractivity contribution in [2.75, 3.05) is 0 Å². The molecule has 1 aromatic rings. The average Bonchev–Trinajstić information content (AvgIpc) is 2.45. The lowest BCUT2D eigenvalue weighted by molar-refractivity contribution is -0.139. The maximum absolute atomic E-state index is 13.8. The second-order valence-corrected chi connectivity index (χ2v) is 5.94. The Morgan fingerprint density at radius 1 is 0.905 bits per heavy atom. The van der Waals surface area contributed by atoms with Gasteiger partial charge in [0.05, 0.1) is 16.8 Å². The van der Waals surface area contributed by atoms with Crippen molar-refractivity contribution in [2.24, 2.45) is 0 Å². The highest BCUT2D eigenvalue weighted by Crippen LogP contribution is 2.37. The second kappa shape index (κ2) is 4.68. The maximum Gasteiger partial charge on any atom is 0.497 e. The van der Waals surface area contributed by atoms with Gasteiger partial charge in [0.2, 0.25) is 0 Å². The highest BCUT2D eigenvalue weighted by atomic mass is 19.4. The maximum atomic E-state index is 13.8. The molecule has 0 unspecified atom stereocenters. The Bertz CT molecular complexity index is 552. The number of hydrogen-bond acceptors (Lipinski definition) is 2. The SMILES string of the molecule is CC1(C)OB(c2cc(C(F)(F)F)c(F)cc2F)OC1(C)C. The Morgan fingerprint density at radius 3 is 1.81 bits per heavy atom. The first-order chi connectivity index (χ1) is 9.35. The largest absolute Gasteiger partial charge is 0.497 e. The minimum Gasteiger partial charge on any atom is -0.399 e. The van der Waals surface area contributed by atoms with E-state index >= 15 is 0 Å². The molecule has 0 saturated carbocycles. The molecule has 0 N–H and O–H groups in total. The van der Waals surface area contributed by atoms with Gasteiger partial charge < -0.3 is 9.31 Å². The molecule has 1 fully saturated rings. The van der Waals surface area contributed by atoms with Crippen LogP contribution in [0, 0.1) is 11.6 Å². The van der Waals surface area contributed by atoms with E-state index in [1.54, 1.807) is 27.7 Å².